The summed E-state index contributed by atoms with van der Waals surface area (Å²) in [6.45, 7) is 2.28. The number of anilines is 1. The average Bonchev–Trinajstić information content (AvgIpc) is 2.11. The van der Waals surface area contributed by atoms with Crippen molar-refractivity contribution in [3.05, 3.63) is 22.5 Å². The molecule has 1 unspecified atom stereocenters. The van der Waals surface area contributed by atoms with Crippen molar-refractivity contribution < 1.29 is 4.74 Å². The summed E-state index contributed by atoms with van der Waals surface area (Å²) in [5, 5.41) is 3.86. The number of ether oxygens (including phenoxy) is 1. The highest BCUT2D eigenvalue weighted by Gasteiger charge is 2.03. The van der Waals surface area contributed by atoms with Crippen molar-refractivity contribution in [3.8, 4) is 0 Å². The zero-order chi connectivity index (χ0) is 9.84. The SMILES string of the molecule is COC(C)Cn1nc(N)ccc1=O. The van der Waals surface area contributed by atoms with Gasteiger partial charge in [0.25, 0.3) is 5.56 Å². The van der Waals surface area contributed by atoms with E-state index in [0.717, 1.165) is 0 Å². The van der Waals surface area contributed by atoms with Crippen LogP contribution < -0.4 is 11.3 Å². The van der Waals surface area contributed by atoms with E-state index in [1.54, 1.807) is 7.11 Å². The third kappa shape index (κ3) is 2.55. The molecule has 2 N–H and O–H groups in total. The number of methoxy groups -OCH3 is 1. The summed E-state index contributed by atoms with van der Waals surface area (Å²) >= 11 is 0. The standard InChI is InChI=1S/C8H13N3O2/c1-6(13-2)5-11-8(12)4-3-7(9)10-11/h3-4,6H,5H2,1-2H3,(H2,9,10). The van der Waals surface area contributed by atoms with Crippen LogP contribution in [0.2, 0.25) is 0 Å². The Morgan fingerprint density at radius 3 is 3.00 bits per heavy atom. The van der Waals surface area contributed by atoms with Crippen LogP contribution in [0.1, 0.15) is 6.92 Å². The molecule has 0 aliphatic carbocycles. The largest absolute Gasteiger partial charge is 0.382 e. The van der Waals surface area contributed by atoms with Crippen LogP contribution >= 0.6 is 0 Å². The summed E-state index contributed by atoms with van der Waals surface area (Å²) in [5.74, 6) is 0.336. The van der Waals surface area contributed by atoms with Gasteiger partial charge in [0.05, 0.1) is 12.6 Å². The molecule has 0 bridgehead atoms. The first-order valence-corrected chi connectivity index (χ1v) is 4.00. The van der Waals surface area contributed by atoms with E-state index in [-0.39, 0.29) is 11.7 Å². The van der Waals surface area contributed by atoms with Gasteiger partial charge in [-0.05, 0) is 13.0 Å². The second-order valence-corrected chi connectivity index (χ2v) is 2.82. The lowest BCUT2D eigenvalue weighted by Crippen LogP contribution is -2.28. The lowest BCUT2D eigenvalue weighted by atomic mass is 10.4. The third-order valence-electron chi connectivity index (χ3n) is 1.72. The Balaban J connectivity index is 2.87. The maximum absolute atomic E-state index is 11.2. The van der Waals surface area contributed by atoms with Crippen LogP contribution in [-0.4, -0.2) is 23.0 Å². The zero-order valence-electron chi connectivity index (χ0n) is 7.73. The maximum atomic E-state index is 11.2. The first kappa shape index (κ1) is 9.73. The summed E-state index contributed by atoms with van der Waals surface area (Å²) in [6.07, 6.45) is -0.0491. The number of hydrogen-bond acceptors (Lipinski definition) is 4. The highest BCUT2D eigenvalue weighted by molar-refractivity contribution is 5.23. The average molecular weight is 183 g/mol. The molecule has 0 saturated heterocycles. The van der Waals surface area contributed by atoms with Crippen LogP contribution in [0.4, 0.5) is 5.82 Å². The summed E-state index contributed by atoms with van der Waals surface area (Å²) in [5.41, 5.74) is 5.26. The van der Waals surface area contributed by atoms with Gasteiger partial charge in [-0.3, -0.25) is 4.79 Å². The summed E-state index contributed by atoms with van der Waals surface area (Å²) in [7, 11) is 1.59. The fourth-order valence-corrected chi connectivity index (χ4v) is 0.914. The quantitative estimate of drug-likeness (QED) is 0.708. The van der Waals surface area contributed by atoms with Crippen LogP contribution in [0.25, 0.3) is 0 Å². The molecule has 1 heterocycles. The molecule has 5 heteroatoms. The molecule has 5 nitrogen and oxygen atoms in total. The van der Waals surface area contributed by atoms with Crippen molar-refractivity contribution in [2.45, 2.75) is 19.6 Å². The number of nitrogen functional groups attached to an aromatic ring is 1. The van der Waals surface area contributed by atoms with E-state index in [9.17, 15) is 4.79 Å². The van der Waals surface area contributed by atoms with Gasteiger partial charge in [-0.2, -0.15) is 5.10 Å². The molecule has 0 radical (unpaired) electrons. The number of nitrogens with two attached hydrogens (primary N) is 1. The van der Waals surface area contributed by atoms with Crippen LogP contribution in [0.15, 0.2) is 16.9 Å². The minimum absolute atomic E-state index is 0.0491. The Morgan fingerprint density at radius 1 is 1.69 bits per heavy atom. The monoisotopic (exact) mass is 183 g/mol. The van der Waals surface area contributed by atoms with Crippen molar-refractivity contribution in [2.24, 2.45) is 0 Å². The summed E-state index contributed by atoms with van der Waals surface area (Å²) < 4.78 is 6.30. The van der Waals surface area contributed by atoms with Gasteiger partial charge in [0.15, 0.2) is 0 Å². The minimum atomic E-state index is -0.168. The molecular formula is C8H13N3O2. The Morgan fingerprint density at radius 2 is 2.38 bits per heavy atom. The van der Waals surface area contributed by atoms with E-state index in [4.69, 9.17) is 10.5 Å². The molecule has 0 aliphatic heterocycles. The Bertz CT molecular complexity index is 334. The van der Waals surface area contributed by atoms with Crippen molar-refractivity contribution in [3.63, 3.8) is 0 Å². The topological polar surface area (TPSA) is 70.1 Å². The van der Waals surface area contributed by atoms with Gasteiger partial charge in [0.2, 0.25) is 0 Å². The highest BCUT2D eigenvalue weighted by atomic mass is 16.5. The lowest BCUT2D eigenvalue weighted by molar-refractivity contribution is 0.0985. The lowest BCUT2D eigenvalue weighted by Gasteiger charge is -2.10. The van der Waals surface area contributed by atoms with E-state index in [1.807, 2.05) is 6.92 Å². The molecule has 1 rings (SSSR count). The van der Waals surface area contributed by atoms with Gasteiger partial charge in [0.1, 0.15) is 5.82 Å². The van der Waals surface area contributed by atoms with Crippen molar-refractivity contribution in [1.82, 2.24) is 9.78 Å². The summed E-state index contributed by atoms with van der Waals surface area (Å²) in [4.78, 5) is 11.2. The summed E-state index contributed by atoms with van der Waals surface area (Å²) in [6, 6.07) is 2.88. The maximum Gasteiger partial charge on any atom is 0.266 e. The molecule has 13 heavy (non-hydrogen) atoms. The van der Waals surface area contributed by atoms with E-state index in [2.05, 4.69) is 5.10 Å². The molecule has 0 spiro atoms. The Kier molecular flexibility index (Phi) is 3.02. The number of hydrogen-bond donors (Lipinski definition) is 1. The van der Waals surface area contributed by atoms with Crippen molar-refractivity contribution in [1.29, 1.82) is 0 Å². The minimum Gasteiger partial charge on any atom is -0.382 e. The van der Waals surface area contributed by atoms with Gasteiger partial charge in [-0.25, -0.2) is 4.68 Å². The fraction of sp³-hybridized carbons (Fsp3) is 0.500. The van der Waals surface area contributed by atoms with Gasteiger partial charge in [0, 0.05) is 13.2 Å². The van der Waals surface area contributed by atoms with Gasteiger partial charge in [-0.15, -0.1) is 0 Å². The van der Waals surface area contributed by atoms with Gasteiger partial charge in [-0.1, -0.05) is 0 Å². The predicted molar refractivity (Wildman–Crippen MR) is 49.4 cm³/mol. The first-order valence-electron chi connectivity index (χ1n) is 4.00. The van der Waals surface area contributed by atoms with Crippen molar-refractivity contribution in [2.75, 3.05) is 12.8 Å². The van der Waals surface area contributed by atoms with Gasteiger partial charge < -0.3 is 10.5 Å². The smallest absolute Gasteiger partial charge is 0.266 e. The molecule has 0 aliphatic rings. The predicted octanol–water partition coefficient (Wildman–Crippen LogP) is -0.140. The molecule has 0 amide bonds. The van der Waals surface area contributed by atoms with Crippen LogP contribution in [0.5, 0.6) is 0 Å². The van der Waals surface area contributed by atoms with E-state index >= 15 is 0 Å². The van der Waals surface area contributed by atoms with E-state index in [1.165, 1.54) is 16.8 Å². The molecule has 0 fully saturated rings. The van der Waals surface area contributed by atoms with E-state index < -0.39 is 0 Å². The zero-order valence-corrected chi connectivity index (χ0v) is 7.73. The third-order valence-corrected chi connectivity index (χ3v) is 1.72. The second-order valence-electron chi connectivity index (χ2n) is 2.82. The van der Waals surface area contributed by atoms with Crippen molar-refractivity contribution >= 4 is 5.82 Å². The Hall–Kier alpha value is -1.36. The highest BCUT2D eigenvalue weighted by Crippen LogP contribution is 1.93. The van der Waals surface area contributed by atoms with Crippen LogP contribution in [0, 0.1) is 0 Å². The number of rotatable bonds is 3. The number of nitrogens with zero attached hydrogens (tertiary/aromatic N) is 2. The normalized spacial score (nSPS) is 12.8. The van der Waals surface area contributed by atoms with Crippen LogP contribution in [0.3, 0.4) is 0 Å². The molecule has 72 valence electrons. The molecule has 0 saturated carbocycles. The molecule has 1 aromatic heterocycles. The van der Waals surface area contributed by atoms with E-state index in [0.29, 0.717) is 12.4 Å². The molecule has 1 atom stereocenters. The molecule has 0 aromatic carbocycles. The molecular weight excluding hydrogens is 170 g/mol. The Labute approximate surface area is 76.1 Å². The van der Waals surface area contributed by atoms with Gasteiger partial charge >= 0.3 is 0 Å². The van der Waals surface area contributed by atoms with Crippen LogP contribution in [-0.2, 0) is 11.3 Å². The first-order chi connectivity index (χ1) is 6.13. The molecule has 1 aromatic rings. The fourth-order valence-electron chi connectivity index (χ4n) is 0.914. The second kappa shape index (κ2) is 4.04. The number of aromatic nitrogens is 2.